The Labute approximate surface area is 97.3 Å². The second kappa shape index (κ2) is 5.53. The predicted octanol–water partition coefficient (Wildman–Crippen LogP) is 1.54. The first kappa shape index (κ1) is 11.7. The van der Waals surface area contributed by atoms with Crippen LogP contribution in [0.5, 0.6) is 0 Å². The highest BCUT2D eigenvalue weighted by Crippen LogP contribution is 2.48. The summed E-state index contributed by atoms with van der Waals surface area (Å²) in [7, 11) is 0. The minimum atomic E-state index is 0.336. The van der Waals surface area contributed by atoms with Crippen LogP contribution in [-0.2, 0) is 0 Å². The van der Waals surface area contributed by atoms with Crippen LogP contribution >= 0.6 is 0 Å². The van der Waals surface area contributed by atoms with Crippen molar-refractivity contribution in [3.63, 3.8) is 0 Å². The van der Waals surface area contributed by atoms with E-state index in [2.05, 4.69) is 10.5 Å². The van der Waals surface area contributed by atoms with Gasteiger partial charge in [0.25, 0.3) is 0 Å². The second-order valence-corrected chi connectivity index (χ2v) is 5.24. The largest absolute Gasteiger partial charge is 0.409 e. The molecule has 0 spiro atoms. The molecule has 0 bridgehead atoms. The summed E-state index contributed by atoms with van der Waals surface area (Å²) < 4.78 is 0. The lowest BCUT2D eigenvalue weighted by molar-refractivity contribution is 0.316. The van der Waals surface area contributed by atoms with Gasteiger partial charge < -0.3 is 16.3 Å². The maximum absolute atomic E-state index is 8.38. The molecule has 2 aliphatic rings. The lowest BCUT2D eigenvalue weighted by Crippen LogP contribution is -2.27. The fourth-order valence-corrected chi connectivity index (χ4v) is 2.48. The molecule has 0 saturated heterocycles. The van der Waals surface area contributed by atoms with E-state index in [1.54, 1.807) is 0 Å². The van der Waals surface area contributed by atoms with Gasteiger partial charge >= 0.3 is 0 Å². The molecule has 0 unspecified atom stereocenters. The van der Waals surface area contributed by atoms with Crippen LogP contribution in [0.2, 0.25) is 0 Å². The van der Waals surface area contributed by atoms with E-state index >= 15 is 0 Å². The zero-order valence-corrected chi connectivity index (χ0v) is 9.86. The van der Waals surface area contributed by atoms with Gasteiger partial charge in [-0.1, -0.05) is 5.16 Å². The second-order valence-electron chi connectivity index (χ2n) is 5.24. The summed E-state index contributed by atoms with van der Waals surface area (Å²) in [4.78, 5) is 0. The third-order valence-corrected chi connectivity index (χ3v) is 3.75. The van der Waals surface area contributed by atoms with E-state index < -0.39 is 0 Å². The van der Waals surface area contributed by atoms with Crippen LogP contribution in [0.3, 0.4) is 0 Å². The van der Waals surface area contributed by atoms with Crippen LogP contribution in [0.15, 0.2) is 5.16 Å². The highest BCUT2D eigenvalue weighted by Gasteiger charge is 2.40. The van der Waals surface area contributed by atoms with E-state index in [1.165, 1.54) is 32.2 Å². The van der Waals surface area contributed by atoms with Gasteiger partial charge in [-0.3, -0.25) is 0 Å². The summed E-state index contributed by atoms with van der Waals surface area (Å²) >= 11 is 0. The minimum Gasteiger partial charge on any atom is -0.409 e. The first-order valence-electron chi connectivity index (χ1n) is 6.48. The molecule has 0 radical (unpaired) electrons. The van der Waals surface area contributed by atoms with Crippen LogP contribution in [0.25, 0.3) is 0 Å². The number of nitrogens with zero attached hydrogens (tertiary/aromatic N) is 1. The predicted molar refractivity (Wildman–Crippen MR) is 64.5 cm³/mol. The third-order valence-electron chi connectivity index (χ3n) is 3.75. The van der Waals surface area contributed by atoms with Gasteiger partial charge in [0.15, 0.2) is 0 Å². The van der Waals surface area contributed by atoms with Gasteiger partial charge in [-0.15, -0.1) is 0 Å². The van der Waals surface area contributed by atoms with Gasteiger partial charge in [0, 0.05) is 6.42 Å². The Balaban J connectivity index is 1.53. The van der Waals surface area contributed by atoms with E-state index in [0.29, 0.717) is 12.3 Å². The van der Waals surface area contributed by atoms with Crippen molar-refractivity contribution in [2.75, 3.05) is 13.1 Å². The number of nitrogens with two attached hydrogens (primary N) is 1. The van der Waals surface area contributed by atoms with Gasteiger partial charge in [0.2, 0.25) is 0 Å². The van der Waals surface area contributed by atoms with Crippen LogP contribution in [-0.4, -0.2) is 24.1 Å². The zero-order chi connectivity index (χ0) is 11.4. The third kappa shape index (κ3) is 3.67. The molecule has 16 heavy (non-hydrogen) atoms. The first-order valence-corrected chi connectivity index (χ1v) is 6.48. The summed E-state index contributed by atoms with van der Waals surface area (Å²) in [6.45, 7) is 2.15. The molecule has 4 nitrogen and oxygen atoms in total. The molecule has 0 aromatic carbocycles. The van der Waals surface area contributed by atoms with E-state index in [-0.39, 0.29) is 0 Å². The summed E-state index contributed by atoms with van der Waals surface area (Å²) in [5, 5.41) is 14.9. The first-order chi connectivity index (χ1) is 7.81. The zero-order valence-electron chi connectivity index (χ0n) is 9.86. The number of hydrogen-bond donors (Lipinski definition) is 3. The molecule has 0 atom stereocenters. The molecule has 0 aliphatic heterocycles. The smallest absolute Gasteiger partial charge is 0.139 e. The highest BCUT2D eigenvalue weighted by atomic mass is 16.4. The van der Waals surface area contributed by atoms with Crippen molar-refractivity contribution in [3.05, 3.63) is 0 Å². The van der Waals surface area contributed by atoms with Crippen molar-refractivity contribution in [1.29, 1.82) is 0 Å². The Morgan fingerprint density at radius 1 is 1.31 bits per heavy atom. The molecule has 0 aromatic rings. The van der Waals surface area contributed by atoms with E-state index in [0.717, 1.165) is 30.7 Å². The quantitative estimate of drug-likeness (QED) is 0.193. The standard InChI is InChI=1S/C12H23N3O/c13-12(15-16)2-1-7-14-8-11(9-3-4-9)10-5-6-10/h9-11,14,16H,1-8H2,(H2,13,15). The molecule has 0 heterocycles. The number of rotatable bonds is 8. The average molecular weight is 225 g/mol. The Morgan fingerprint density at radius 3 is 2.44 bits per heavy atom. The Bertz CT molecular complexity index is 235. The fourth-order valence-electron chi connectivity index (χ4n) is 2.48. The topological polar surface area (TPSA) is 70.6 Å². The molecular formula is C12H23N3O. The van der Waals surface area contributed by atoms with Crippen LogP contribution in [0.4, 0.5) is 0 Å². The lowest BCUT2D eigenvalue weighted by atomic mass is 9.98. The molecule has 2 aliphatic carbocycles. The maximum atomic E-state index is 8.38. The van der Waals surface area contributed by atoms with Crippen LogP contribution in [0.1, 0.15) is 38.5 Å². The number of nitrogens with one attached hydrogen (secondary N) is 1. The number of oxime groups is 1. The number of hydrogen-bond acceptors (Lipinski definition) is 3. The molecule has 0 amide bonds. The molecule has 2 saturated carbocycles. The SMILES string of the molecule is NC(CCCNCC(C1CC1)C1CC1)=NO. The fraction of sp³-hybridized carbons (Fsp3) is 0.917. The minimum absolute atomic E-state index is 0.336. The van der Waals surface area contributed by atoms with Crippen molar-refractivity contribution >= 4 is 5.84 Å². The summed E-state index contributed by atoms with van der Waals surface area (Å²) in [6.07, 6.45) is 7.44. The maximum Gasteiger partial charge on any atom is 0.139 e. The summed E-state index contributed by atoms with van der Waals surface area (Å²) in [5.41, 5.74) is 5.40. The normalized spacial score (nSPS) is 21.7. The van der Waals surface area contributed by atoms with Crippen LogP contribution in [0, 0.1) is 17.8 Å². The molecular weight excluding hydrogens is 202 g/mol. The monoisotopic (exact) mass is 225 g/mol. The van der Waals surface area contributed by atoms with Crippen LogP contribution < -0.4 is 11.1 Å². The Kier molecular flexibility index (Phi) is 4.04. The van der Waals surface area contributed by atoms with E-state index in [1.807, 2.05) is 0 Å². The molecule has 0 aromatic heterocycles. The van der Waals surface area contributed by atoms with Crippen molar-refractivity contribution in [3.8, 4) is 0 Å². The van der Waals surface area contributed by atoms with Gasteiger partial charge in [-0.05, 0) is 62.9 Å². The number of amidine groups is 1. The molecule has 4 N–H and O–H groups in total. The summed E-state index contributed by atoms with van der Waals surface area (Å²) in [5.74, 6) is 3.31. The Hall–Kier alpha value is -0.770. The highest BCUT2D eigenvalue weighted by molar-refractivity contribution is 5.79. The van der Waals surface area contributed by atoms with Crippen molar-refractivity contribution < 1.29 is 5.21 Å². The van der Waals surface area contributed by atoms with Crippen molar-refractivity contribution in [1.82, 2.24) is 5.32 Å². The van der Waals surface area contributed by atoms with Crippen molar-refractivity contribution in [2.45, 2.75) is 38.5 Å². The molecule has 2 fully saturated rings. The Morgan fingerprint density at radius 2 is 1.94 bits per heavy atom. The van der Waals surface area contributed by atoms with E-state index in [9.17, 15) is 0 Å². The van der Waals surface area contributed by atoms with Gasteiger partial charge in [-0.2, -0.15) is 0 Å². The summed E-state index contributed by atoms with van der Waals surface area (Å²) in [6, 6.07) is 0. The molecule has 92 valence electrons. The molecule has 4 heteroatoms. The van der Waals surface area contributed by atoms with E-state index in [4.69, 9.17) is 10.9 Å². The lowest BCUT2D eigenvalue weighted by Gasteiger charge is -2.16. The van der Waals surface area contributed by atoms with Gasteiger partial charge in [-0.25, -0.2) is 0 Å². The average Bonchev–Trinajstić information content (AvgIpc) is 3.16. The van der Waals surface area contributed by atoms with Gasteiger partial charge in [0.1, 0.15) is 5.84 Å². The molecule has 2 rings (SSSR count). The van der Waals surface area contributed by atoms with Gasteiger partial charge in [0.05, 0.1) is 0 Å². The van der Waals surface area contributed by atoms with Crippen molar-refractivity contribution in [2.24, 2.45) is 28.6 Å².